The lowest BCUT2D eigenvalue weighted by atomic mass is 9.99. The van der Waals surface area contributed by atoms with E-state index >= 15 is 0 Å². The van der Waals surface area contributed by atoms with Crippen molar-refractivity contribution < 1.29 is 9.32 Å². The number of carbonyl (C=O) groups is 1. The maximum atomic E-state index is 12.1. The summed E-state index contributed by atoms with van der Waals surface area (Å²) in [6, 6.07) is 7.67. The second-order valence-corrected chi connectivity index (χ2v) is 6.52. The molecule has 1 aromatic carbocycles. The summed E-state index contributed by atoms with van der Waals surface area (Å²) in [5, 5.41) is 4.04. The van der Waals surface area contributed by atoms with Crippen molar-refractivity contribution in [1.29, 1.82) is 0 Å². The first-order valence-corrected chi connectivity index (χ1v) is 8.29. The predicted molar refractivity (Wildman–Crippen MR) is 94.3 cm³/mol. The molecular formula is C18H24ClN3O2. The van der Waals surface area contributed by atoms with Gasteiger partial charge >= 0.3 is 0 Å². The lowest BCUT2D eigenvalue weighted by Gasteiger charge is -2.17. The molecule has 0 saturated heterocycles. The minimum atomic E-state index is -0.417. The molecule has 24 heavy (non-hydrogen) atoms. The van der Waals surface area contributed by atoms with Gasteiger partial charge in [-0.1, -0.05) is 47.8 Å². The van der Waals surface area contributed by atoms with Crippen LogP contribution in [0.5, 0.6) is 0 Å². The number of ketones is 1. The van der Waals surface area contributed by atoms with E-state index in [1.165, 1.54) is 0 Å². The number of halogens is 1. The Kier molecular flexibility index (Phi) is 6.13. The molecule has 0 bridgehead atoms. The highest BCUT2D eigenvalue weighted by Crippen LogP contribution is 2.34. The molecule has 3 rings (SSSR count). The van der Waals surface area contributed by atoms with Gasteiger partial charge < -0.3 is 10.3 Å². The highest BCUT2D eigenvalue weighted by Gasteiger charge is 2.35. The monoisotopic (exact) mass is 349 g/mol. The third-order valence-corrected chi connectivity index (χ3v) is 4.58. The number of carbonyl (C=O) groups excluding carboxylic acids is 1. The van der Waals surface area contributed by atoms with Crippen LogP contribution in [0.1, 0.15) is 66.2 Å². The summed E-state index contributed by atoms with van der Waals surface area (Å²) < 4.78 is 5.29. The van der Waals surface area contributed by atoms with Crippen LogP contribution in [0.3, 0.4) is 0 Å². The summed E-state index contributed by atoms with van der Waals surface area (Å²) in [6.07, 6.45) is 5.85. The molecule has 0 amide bonds. The van der Waals surface area contributed by atoms with E-state index in [4.69, 9.17) is 10.3 Å². The molecule has 1 heterocycles. The van der Waals surface area contributed by atoms with Gasteiger partial charge in [0.25, 0.3) is 0 Å². The fraction of sp³-hybridized carbons (Fsp3) is 0.500. The third-order valence-electron chi connectivity index (χ3n) is 4.58. The smallest absolute Gasteiger partial charge is 0.226 e. The van der Waals surface area contributed by atoms with Crippen LogP contribution in [0.15, 0.2) is 28.8 Å². The topological polar surface area (TPSA) is 82.0 Å². The van der Waals surface area contributed by atoms with E-state index in [0.29, 0.717) is 31.0 Å². The maximum Gasteiger partial charge on any atom is 0.226 e. The second kappa shape index (κ2) is 7.90. The minimum absolute atomic E-state index is 0. The van der Waals surface area contributed by atoms with E-state index in [9.17, 15) is 4.79 Å². The molecule has 0 aliphatic heterocycles. The van der Waals surface area contributed by atoms with Crippen molar-refractivity contribution in [3.63, 3.8) is 0 Å². The number of aryl methyl sites for hydroxylation is 2. The average Bonchev–Trinajstić information content (AvgIpc) is 3.18. The summed E-state index contributed by atoms with van der Waals surface area (Å²) in [5.74, 6) is 1.35. The number of hydrogen-bond acceptors (Lipinski definition) is 5. The van der Waals surface area contributed by atoms with Crippen molar-refractivity contribution in [3.05, 3.63) is 47.1 Å². The molecule has 5 nitrogen and oxygen atoms in total. The average molecular weight is 350 g/mol. The normalized spacial score (nSPS) is 15.9. The molecule has 0 spiro atoms. The first kappa shape index (κ1) is 18.6. The van der Waals surface area contributed by atoms with Gasteiger partial charge in [0.15, 0.2) is 11.6 Å². The van der Waals surface area contributed by atoms with E-state index in [0.717, 1.165) is 36.8 Å². The van der Waals surface area contributed by atoms with Crippen LogP contribution in [0.4, 0.5) is 0 Å². The first-order chi connectivity index (χ1) is 11.1. The van der Waals surface area contributed by atoms with Gasteiger partial charge in [-0.25, -0.2) is 0 Å². The Bertz CT molecular complexity index is 676. The van der Waals surface area contributed by atoms with Gasteiger partial charge in [-0.2, -0.15) is 4.98 Å². The number of Topliss-reactive ketones (excluding diaryl/α,β-unsaturated/α-hetero) is 1. The molecule has 1 saturated carbocycles. The summed E-state index contributed by atoms with van der Waals surface area (Å²) in [5.41, 5.74) is 7.82. The van der Waals surface area contributed by atoms with Crippen LogP contribution in [0.25, 0.3) is 0 Å². The molecule has 130 valence electrons. The minimum Gasteiger partial charge on any atom is -0.339 e. The van der Waals surface area contributed by atoms with E-state index in [1.54, 1.807) is 0 Å². The fourth-order valence-electron chi connectivity index (χ4n) is 3.07. The molecule has 0 atom stereocenters. The standard InChI is InChI=1S/C18H23N3O2.ClH/c1-13-7-9-14(10-8-13)15(22)5-4-6-16-20-17(21-23-16)18(19)11-2-3-12-18;/h7-10H,2-6,11-12,19H2,1H3;1H. The van der Waals surface area contributed by atoms with Crippen LogP contribution < -0.4 is 5.73 Å². The van der Waals surface area contributed by atoms with E-state index in [-0.39, 0.29) is 18.2 Å². The van der Waals surface area contributed by atoms with Crippen LogP contribution in [-0.4, -0.2) is 15.9 Å². The van der Waals surface area contributed by atoms with E-state index in [1.807, 2.05) is 31.2 Å². The van der Waals surface area contributed by atoms with Crippen molar-refractivity contribution >= 4 is 18.2 Å². The Morgan fingerprint density at radius 2 is 1.92 bits per heavy atom. The molecular weight excluding hydrogens is 326 g/mol. The number of aromatic nitrogens is 2. The van der Waals surface area contributed by atoms with Crippen LogP contribution in [-0.2, 0) is 12.0 Å². The number of benzene rings is 1. The highest BCUT2D eigenvalue weighted by molar-refractivity contribution is 5.96. The molecule has 0 radical (unpaired) electrons. The summed E-state index contributed by atoms with van der Waals surface area (Å²) in [6.45, 7) is 2.01. The van der Waals surface area contributed by atoms with Gasteiger partial charge in [0.2, 0.25) is 5.89 Å². The predicted octanol–water partition coefficient (Wildman–Crippen LogP) is 3.73. The van der Waals surface area contributed by atoms with Gasteiger partial charge in [0.1, 0.15) is 0 Å². The molecule has 1 aromatic heterocycles. The zero-order valence-electron chi connectivity index (χ0n) is 14.0. The van der Waals surface area contributed by atoms with Crippen LogP contribution in [0, 0.1) is 6.92 Å². The molecule has 2 aromatic rings. The van der Waals surface area contributed by atoms with Crippen LogP contribution in [0.2, 0.25) is 0 Å². The fourth-order valence-corrected chi connectivity index (χ4v) is 3.07. The SMILES string of the molecule is Cc1ccc(C(=O)CCCc2nc(C3(N)CCCC3)no2)cc1.Cl. The number of nitrogens with zero attached hydrogens (tertiary/aromatic N) is 2. The zero-order chi connectivity index (χ0) is 16.3. The van der Waals surface area contributed by atoms with Gasteiger partial charge in [-0.05, 0) is 26.2 Å². The van der Waals surface area contributed by atoms with Crippen molar-refractivity contribution in [2.45, 2.75) is 57.4 Å². The van der Waals surface area contributed by atoms with Crippen molar-refractivity contribution in [3.8, 4) is 0 Å². The third kappa shape index (κ3) is 4.22. The van der Waals surface area contributed by atoms with E-state index in [2.05, 4.69) is 10.1 Å². The van der Waals surface area contributed by atoms with Gasteiger partial charge in [0.05, 0.1) is 5.54 Å². The Morgan fingerprint density at radius 3 is 2.58 bits per heavy atom. The first-order valence-electron chi connectivity index (χ1n) is 8.29. The lowest BCUT2D eigenvalue weighted by Crippen LogP contribution is -2.34. The Balaban J connectivity index is 0.00000208. The number of rotatable bonds is 6. The van der Waals surface area contributed by atoms with Crippen molar-refractivity contribution in [2.24, 2.45) is 5.73 Å². The van der Waals surface area contributed by atoms with Gasteiger partial charge in [-0.3, -0.25) is 4.79 Å². The largest absolute Gasteiger partial charge is 0.339 e. The van der Waals surface area contributed by atoms with Crippen molar-refractivity contribution in [1.82, 2.24) is 10.1 Å². The molecule has 1 aliphatic rings. The summed E-state index contributed by atoms with van der Waals surface area (Å²) in [4.78, 5) is 16.6. The molecule has 1 aliphatic carbocycles. The number of hydrogen-bond donors (Lipinski definition) is 1. The van der Waals surface area contributed by atoms with E-state index < -0.39 is 5.54 Å². The lowest BCUT2D eigenvalue weighted by molar-refractivity contribution is 0.0979. The van der Waals surface area contributed by atoms with Gasteiger partial charge in [-0.15, -0.1) is 12.4 Å². The molecule has 2 N–H and O–H groups in total. The van der Waals surface area contributed by atoms with Gasteiger partial charge in [0, 0.05) is 18.4 Å². The molecule has 0 unspecified atom stereocenters. The summed E-state index contributed by atoms with van der Waals surface area (Å²) >= 11 is 0. The van der Waals surface area contributed by atoms with Crippen LogP contribution >= 0.6 is 12.4 Å². The summed E-state index contributed by atoms with van der Waals surface area (Å²) in [7, 11) is 0. The molecule has 6 heteroatoms. The quantitative estimate of drug-likeness (QED) is 0.803. The van der Waals surface area contributed by atoms with Crippen molar-refractivity contribution in [2.75, 3.05) is 0 Å². The highest BCUT2D eigenvalue weighted by atomic mass is 35.5. The Labute approximate surface area is 148 Å². The second-order valence-electron chi connectivity index (χ2n) is 6.52. The number of nitrogens with two attached hydrogens (primary N) is 1. The maximum absolute atomic E-state index is 12.1. The zero-order valence-corrected chi connectivity index (χ0v) is 14.8. The Morgan fingerprint density at radius 1 is 1.25 bits per heavy atom. The molecule has 1 fully saturated rings. The Hall–Kier alpha value is -1.72.